The third-order valence-corrected chi connectivity index (χ3v) is 7.96. The zero-order valence-corrected chi connectivity index (χ0v) is 23.6. The van der Waals surface area contributed by atoms with Crippen LogP contribution in [0.25, 0.3) is 0 Å². The second-order valence-electron chi connectivity index (χ2n) is 11.2. The highest BCUT2D eigenvalue weighted by Gasteiger charge is 2.40. The summed E-state index contributed by atoms with van der Waals surface area (Å²) in [5.74, 6) is 0. The van der Waals surface area contributed by atoms with Gasteiger partial charge < -0.3 is 20.9 Å². The average molecular weight is 545 g/mol. The van der Waals surface area contributed by atoms with Crippen LogP contribution in [0.3, 0.4) is 0 Å². The highest BCUT2D eigenvalue weighted by Crippen LogP contribution is 2.25. The van der Waals surface area contributed by atoms with Crippen LogP contribution in [0.1, 0.15) is 53.0 Å². The van der Waals surface area contributed by atoms with Crippen LogP contribution in [0.4, 0.5) is 10.5 Å². The Morgan fingerprint density at radius 3 is 2.34 bits per heavy atom. The molecule has 0 aliphatic carbocycles. The van der Waals surface area contributed by atoms with E-state index >= 15 is 0 Å². The fraction of sp³-hybridized carbons (Fsp3) is 0.500. The van der Waals surface area contributed by atoms with E-state index in [1.165, 1.54) is 18.2 Å². The van der Waals surface area contributed by atoms with Crippen LogP contribution in [-0.2, 0) is 21.0 Å². The molecule has 10 heteroatoms. The summed E-state index contributed by atoms with van der Waals surface area (Å²) in [6, 6.07) is 16.1. The summed E-state index contributed by atoms with van der Waals surface area (Å²) in [6.45, 7) is 9.17. The maximum atomic E-state index is 13.9. The van der Waals surface area contributed by atoms with Gasteiger partial charge in [0.25, 0.3) is 0 Å². The molecule has 0 fully saturated rings. The number of alkyl carbamates (subject to hydrolysis) is 1. The number of aliphatic hydroxyl groups is 1. The minimum absolute atomic E-state index is 0.0559. The number of carbonyl (C=O) groups excluding carboxylic acids is 1. The number of anilines is 1. The van der Waals surface area contributed by atoms with Gasteiger partial charge in [-0.05, 0) is 62.8 Å². The Balaban J connectivity index is 2.49. The molecule has 3 atom stereocenters. The number of nitriles is 1. The van der Waals surface area contributed by atoms with Crippen molar-refractivity contribution in [2.24, 2.45) is 5.41 Å². The number of hydrogen-bond donors (Lipinski definition) is 4. The van der Waals surface area contributed by atoms with Crippen molar-refractivity contribution in [2.75, 3.05) is 12.3 Å². The van der Waals surface area contributed by atoms with E-state index in [9.17, 15) is 18.3 Å². The van der Waals surface area contributed by atoms with Crippen molar-refractivity contribution in [1.82, 2.24) is 10.6 Å². The summed E-state index contributed by atoms with van der Waals surface area (Å²) in [5.41, 5.74) is 5.70. The van der Waals surface area contributed by atoms with Gasteiger partial charge in [-0.2, -0.15) is 5.26 Å². The molecule has 1 amide bonds. The summed E-state index contributed by atoms with van der Waals surface area (Å²) in [5, 5.41) is 24.9. The van der Waals surface area contributed by atoms with Gasteiger partial charge in [-0.15, -0.1) is 0 Å². The van der Waals surface area contributed by atoms with Crippen LogP contribution in [-0.4, -0.2) is 49.3 Å². The number of aliphatic hydroxyl groups excluding tert-OH is 1. The third kappa shape index (κ3) is 9.63. The third-order valence-electron chi connectivity index (χ3n) is 5.94. The van der Waals surface area contributed by atoms with Gasteiger partial charge in [0.1, 0.15) is 17.1 Å². The Morgan fingerprint density at radius 2 is 1.76 bits per heavy atom. The van der Waals surface area contributed by atoms with Gasteiger partial charge in [-0.1, -0.05) is 50.2 Å². The van der Waals surface area contributed by atoms with Gasteiger partial charge in [0, 0.05) is 18.7 Å². The van der Waals surface area contributed by atoms with E-state index < -0.39 is 44.5 Å². The van der Waals surface area contributed by atoms with E-state index in [2.05, 4.69) is 16.7 Å². The fourth-order valence-corrected chi connectivity index (χ4v) is 5.63. The number of nitrogens with zero attached hydrogens (tertiary/aromatic N) is 1. The first kappa shape index (κ1) is 31.1. The number of sulfone groups is 1. The summed E-state index contributed by atoms with van der Waals surface area (Å²) in [6.07, 6.45) is -1.35. The molecule has 0 bridgehead atoms. The number of nitrogen functional groups attached to an aromatic ring is 1. The highest BCUT2D eigenvalue weighted by molar-refractivity contribution is 7.92. The summed E-state index contributed by atoms with van der Waals surface area (Å²) < 4.78 is 33.1. The first-order chi connectivity index (χ1) is 17.6. The molecule has 0 radical (unpaired) electrons. The minimum Gasteiger partial charge on any atom is -0.444 e. The summed E-state index contributed by atoms with van der Waals surface area (Å²) >= 11 is 0. The van der Waals surface area contributed by atoms with E-state index in [4.69, 9.17) is 15.7 Å². The van der Waals surface area contributed by atoms with Crippen molar-refractivity contribution in [1.29, 1.82) is 5.26 Å². The van der Waals surface area contributed by atoms with E-state index in [0.717, 1.165) is 5.56 Å². The summed E-state index contributed by atoms with van der Waals surface area (Å²) in [4.78, 5) is 12.7. The smallest absolute Gasteiger partial charge is 0.407 e. The number of amides is 1. The lowest BCUT2D eigenvalue weighted by atomic mass is 9.88. The zero-order chi connectivity index (χ0) is 28.6. The number of rotatable bonds is 12. The molecule has 0 saturated heterocycles. The Labute approximate surface area is 226 Å². The van der Waals surface area contributed by atoms with E-state index in [-0.39, 0.29) is 23.5 Å². The molecule has 2 aromatic rings. The molecule has 2 rings (SSSR count). The van der Waals surface area contributed by atoms with Crippen LogP contribution in [0, 0.1) is 16.7 Å². The standard InChI is InChI=1S/C28H40N4O5S/c1-27(2,3)37-26(34)32-23(17-20-11-7-6-8-12-20)24(33)25(31-19-28(4,5)15-10-16-29)38(35,36)22-14-9-13-21(30)18-22/h6-9,11-14,18,23-25,31,33H,10,15,17,19,30H2,1-5H3,(H,32,34)/t23-,24+,25?/m0/s1. The van der Waals surface area contributed by atoms with Crippen molar-refractivity contribution in [3.63, 3.8) is 0 Å². The lowest BCUT2D eigenvalue weighted by Crippen LogP contribution is -2.58. The number of benzene rings is 2. The molecule has 9 nitrogen and oxygen atoms in total. The van der Waals surface area contributed by atoms with Crippen molar-refractivity contribution >= 4 is 21.6 Å². The molecule has 0 aliphatic heterocycles. The zero-order valence-electron chi connectivity index (χ0n) is 22.8. The molecule has 5 N–H and O–H groups in total. The maximum absolute atomic E-state index is 13.9. The van der Waals surface area contributed by atoms with Crippen molar-refractivity contribution in [3.8, 4) is 6.07 Å². The van der Waals surface area contributed by atoms with E-state index in [1.54, 1.807) is 26.8 Å². The molecule has 0 aliphatic rings. The molecule has 2 aromatic carbocycles. The van der Waals surface area contributed by atoms with Crippen molar-refractivity contribution in [2.45, 2.75) is 81.9 Å². The van der Waals surface area contributed by atoms with Crippen molar-refractivity contribution < 1.29 is 23.1 Å². The maximum Gasteiger partial charge on any atom is 0.407 e. The number of nitrogens with two attached hydrogens (primary N) is 1. The van der Waals surface area contributed by atoms with Crippen LogP contribution in [0.5, 0.6) is 0 Å². The molecule has 208 valence electrons. The van der Waals surface area contributed by atoms with Gasteiger partial charge in [0.15, 0.2) is 9.84 Å². The Kier molecular flexibility index (Phi) is 10.7. The Bertz CT molecular complexity index is 1200. The number of carbonyl (C=O) groups is 1. The number of hydrogen-bond acceptors (Lipinski definition) is 8. The van der Waals surface area contributed by atoms with Gasteiger partial charge in [0.2, 0.25) is 0 Å². The fourth-order valence-electron chi connectivity index (χ4n) is 3.91. The Morgan fingerprint density at radius 1 is 1.11 bits per heavy atom. The molecule has 0 heterocycles. The predicted octanol–water partition coefficient (Wildman–Crippen LogP) is 3.79. The monoisotopic (exact) mass is 544 g/mol. The first-order valence-electron chi connectivity index (χ1n) is 12.6. The topological polar surface area (TPSA) is 155 Å². The van der Waals surface area contributed by atoms with E-state index in [0.29, 0.717) is 12.8 Å². The molecule has 0 aromatic heterocycles. The van der Waals surface area contributed by atoms with Gasteiger partial charge >= 0.3 is 6.09 Å². The molecular weight excluding hydrogens is 504 g/mol. The second-order valence-corrected chi connectivity index (χ2v) is 13.2. The quantitative estimate of drug-likeness (QED) is 0.294. The van der Waals surface area contributed by atoms with Crippen LogP contribution in [0.2, 0.25) is 0 Å². The largest absolute Gasteiger partial charge is 0.444 e. The van der Waals surface area contributed by atoms with Crippen LogP contribution >= 0.6 is 0 Å². The first-order valence-corrected chi connectivity index (χ1v) is 14.1. The molecule has 1 unspecified atom stereocenters. The number of ether oxygens (including phenoxy) is 1. The SMILES string of the molecule is CC(C)(CCC#N)CNC([C@H](O)[C@H](Cc1ccccc1)NC(=O)OC(C)(C)C)S(=O)(=O)c1cccc(N)c1. The van der Waals surface area contributed by atoms with Crippen LogP contribution in [0.15, 0.2) is 59.5 Å². The van der Waals surface area contributed by atoms with Crippen LogP contribution < -0.4 is 16.4 Å². The lowest BCUT2D eigenvalue weighted by Gasteiger charge is -2.34. The predicted molar refractivity (Wildman–Crippen MR) is 148 cm³/mol. The van der Waals surface area contributed by atoms with Gasteiger partial charge in [-0.25, -0.2) is 13.2 Å². The molecular formula is C28H40N4O5S. The lowest BCUT2D eigenvalue weighted by molar-refractivity contribution is 0.0403. The summed E-state index contributed by atoms with van der Waals surface area (Å²) in [7, 11) is -4.17. The minimum atomic E-state index is -4.17. The molecule has 0 spiro atoms. The number of nitrogens with one attached hydrogen (secondary N) is 2. The molecule has 0 saturated carbocycles. The average Bonchev–Trinajstić information content (AvgIpc) is 2.81. The molecule has 38 heavy (non-hydrogen) atoms. The Hall–Kier alpha value is -3.13. The van der Waals surface area contributed by atoms with E-state index in [1.807, 2.05) is 44.2 Å². The van der Waals surface area contributed by atoms with Gasteiger partial charge in [-0.3, -0.25) is 5.32 Å². The highest BCUT2D eigenvalue weighted by atomic mass is 32.2. The van der Waals surface area contributed by atoms with Gasteiger partial charge in [0.05, 0.1) is 17.0 Å². The second kappa shape index (κ2) is 13.1. The van der Waals surface area contributed by atoms with Crippen molar-refractivity contribution in [3.05, 3.63) is 60.2 Å². The normalized spacial score (nSPS) is 14.7.